The number of amides is 1. The molecule has 5 rings (SSSR count). The van der Waals surface area contributed by atoms with E-state index in [1.54, 1.807) is 54.6 Å². The summed E-state index contributed by atoms with van der Waals surface area (Å²) < 4.78 is 0. The van der Waals surface area contributed by atoms with E-state index < -0.39 is 17.4 Å². The van der Waals surface area contributed by atoms with Crippen LogP contribution in [0.2, 0.25) is 5.02 Å². The number of phenolic OH excluding ortho intramolecular Hbond substituents is 1. The smallest absolute Gasteiger partial charge is 0.335 e. The average Bonchev–Trinajstić information content (AvgIpc) is 3.15. The Bertz CT molecular complexity index is 1540. The molecule has 1 aliphatic heterocycles. The van der Waals surface area contributed by atoms with Crippen molar-refractivity contribution in [2.24, 2.45) is 5.10 Å². The number of allylic oxidation sites excluding steroid dienone is 2. The quantitative estimate of drug-likeness (QED) is 0.391. The summed E-state index contributed by atoms with van der Waals surface area (Å²) in [6.07, 6.45) is 4.87. The van der Waals surface area contributed by atoms with E-state index in [-0.39, 0.29) is 17.9 Å². The molecule has 186 valence electrons. The monoisotopic (exact) mass is 513 g/mol. The number of benzene rings is 3. The second-order valence-corrected chi connectivity index (χ2v) is 9.60. The lowest BCUT2D eigenvalue weighted by molar-refractivity contribution is -0.142. The van der Waals surface area contributed by atoms with E-state index in [0.717, 1.165) is 11.1 Å². The normalized spacial score (nSPS) is 19.6. The molecule has 0 radical (unpaired) electrons. The number of nitrogens with one attached hydrogen (secondary N) is 1. The predicted molar refractivity (Wildman–Crippen MR) is 144 cm³/mol. The molecular formula is C29H24ClN3O4. The summed E-state index contributed by atoms with van der Waals surface area (Å²) in [4.78, 5) is 27.7. The molecule has 0 bridgehead atoms. The van der Waals surface area contributed by atoms with Crippen LogP contribution < -0.4 is 10.3 Å². The van der Waals surface area contributed by atoms with Crippen molar-refractivity contribution in [3.63, 3.8) is 0 Å². The summed E-state index contributed by atoms with van der Waals surface area (Å²) >= 11 is 6.27. The number of rotatable bonds is 5. The topological polar surface area (TPSA) is 102 Å². The first kappa shape index (κ1) is 24.3. The van der Waals surface area contributed by atoms with E-state index in [2.05, 4.69) is 10.5 Å². The number of hydrogen-bond donors (Lipinski definition) is 3. The summed E-state index contributed by atoms with van der Waals surface area (Å²) in [5.74, 6) is -1.51. The van der Waals surface area contributed by atoms with E-state index in [0.29, 0.717) is 33.1 Å². The van der Waals surface area contributed by atoms with Crippen LogP contribution in [0.25, 0.3) is 5.57 Å². The number of carbonyl (C=O) groups is 2. The molecule has 0 saturated carbocycles. The van der Waals surface area contributed by atoms with Crippen molar-refractivity contribution in [2.45, 2.75) is 25.8 Å². The first-order valence-corrected chi connectivity index (χ1v) is 12.0. The average molecular weight is 514 g/mol. The molecule has 0 saturated heterocycles. The zero-order chi connectivity index (χ0) is 26.3. The van der Waals surface area contributed by atoms with Gasteiger partial charge in [0.1, 0.15) is 5.75 Å². The summed E-state index contributed by atoms with van der Waals surface area (Å²) in [5, 5.41) is 25.3. The lowest BCUT2D eigenvalue weighted by Crippen LogP contribution is -2.49. The molecule has 3 N–H and O–H groups in total. The number of anilines is 2. The van der Waals surface area contributed by atoms with E-state index in [1.165, 1.54) is 11.0 Å². The van der Waals surface area contributed by atoms with E-state index in [9.17, 15) is 19.8 Å². The minimum atomic E-state index is -1.62. The van der Waals surface area contributed by atoms with Gasteiger partial charge in [0.15, 0.2) is 11.3 Å². The van der Waals surface area contributed by atoms with E-state index >= 15 is 0 Å². The van der Waals surface area contributed by atoms with Crippen LogP contribution in [0.3, 0.4) is 0 Å². The minimum absolute atomic E-state index is 0.00965. The number of carbonyl (C=O) groups excluding carboxylic acids is 1. The Morgan fingerprint density at radius 3 is 2.57 bits per heavy atom. The Morgan fingerprint density at radius 2 is 1.84 bits per heavy atom. The summed E-state index contributed by atoms with van der Waals surface area (Å²) in [6, 6.07) is 17.5. The minimum Gasteiger partial charge on any atom is -0.507 e. The largest absolute Gasteiger partial charge is 0.507 e. The second kappa shape index (κ2) is 9.26. The Kier molecular flexibility index (Phi) is 6.09. The highest BCUT2D eigenvalue weighted by atomic mass is 35.5. The Balaban J connectivity index is 1.53. The van der Waals surface area contributed by atoms with Gasteiger partial charge in [-0.15, -0.1) is 0 Å². The lowest BCUT2D eigenvalue weighted by atomic mass is 9.84. The summed E-state index contributed by atoms with van der Waals surface area (Å²) in [7, 11) is 0. The molecule has 0 aromatic heterocycles. The number of aryl methyl sites for hydroxylation is 2. The Morgan fingerprint density at radius 1 is 1.05 bits per heavy atom. The van der Waals surface area contributed by atoms with Crippen molar-refractivity contribution in [1.82, 2.24) is 5.43 Å². The van der Waals surface area contributed by atoms with Gasteiger partial charge in [-0.2, -0.15) is 5.10 Å². The van der Waals surface area contributed by atoms with Gasteiger partial charge < -0.3 is 10.2 Å². The van der Waals surface area contributed by atoms with Crippen LogP contribution in [-0.2, 0) is 9.59 Å². The van der Waals surface area contributed by atoms with Crippen LogP contribution in [-0.4, -0.2) is 33.3 Å². The van der Waals surface area contributed by atoms with Gasteiger partial charge in [0.25, 0.3) is 5.91 Å². The third kappa shape index (κ3) is 4.27. The molecule has 8 heteroatoms. The Hall–Kier alpha value is -4.36. The number of hydrazone groups is 1. The maximum atomic E-state index is 13.6. The fourth-order valence-corrected chi connectivity index (χ4v) is 4.72. The van der Waals surface area contributed by atoms with E-state index in [4.69, 9.17) is 11.6 Å². The van der Waals surface area contributed by atoms with Gasteiger partial charge in [0, 0.05) is 28.3 Å². The van der Waals surface area contributed by atoms with Crippen molar-refractivity contribution in [3.8, 4) is 5.75 Å². The van der Waals surface area contributed by atoms with Crippen molar-refractivity contribution >= 4 is 46.1 Å². The molecule has 1 amide bonds. The maximum absolute atomic E-state index is 13.6. The second-order valence-electron chi connectivity index (χ2n) is 9.16. The van der Waals surface area contributed by atoms with Crippen molar-refractivity contribution < 1.29 is 19.8 Å². The number of aliphatic carboxylic acids is 1. The van der Waals surface area contributed by atoms with Crippen LogP contribution in [0.4, 0.5) is 11.4 Å². The molecule has 3 aromatic rings. The summed E-state index contributed by atoms with van der Waals surface area (Å²) in [5.41, 5.74) is 6.28. The number of aromatic hydroxyl groups is 1. The molecule has 0 spiro atoms. The van der Waals surface area contributed by atoms with Gasteiger partial charge in [-0.05, 0) is 73.0 Å². The molecule has 3 aromatic carbocycles. The first-order valence-electron chi connectivity index (χ1n) is 11.7. The van der Waals surface area contributed by atoms with Gasteiger partial charge in [-0.1, -0.05) is 48.0 Å². The van der Waals surface area contributed by atoms with Gasteiger partial charge >= 0.3 is 5.97 Å². The molecule has 1 heterocycles. The maximum Gasteiger partial charge on any atom is 0.335 e. The molecule has 0 fully saturated rings. The zero-order valence-corrected chi connectivity index (χ0v) is 21.0. The van der Waals surface area contributed by atoms with Crippen molar-refractivity contribution in [1.29, 1.82) is 0 Å². The lowest BCUT2D eigenvalue weighted by Gasteiger charge is -2.29. The van der Waals surface area contributed by atoms with Crippen LogP contribution in [0.1, 0.15) is 28.7 Å². The number of fused-ring (bicyclic) bond motifs is 1. The molecule has 2 aliphatic rings. The van der Waals surface area contributed by atoms with Crippen LogP contribution in [0.15, 0.2) is 84.0 Å². The highest BCUT2D eigenvalue weighted by Crippen LogP contribution is 2.39. The van der Waals surface area contributed by atoms with E-state index in [1.807, 2.05) is 32.0 Å². The number of hydrogen-bond acceptors (Lipinski definition) is 5. The standard InChI is InChI=1S/C29H24ClN3O4/c1-17-9-11-21(14-18(17)2)33-24-15-20(30)10-12-23(24)26(27(33)35)31-32-29(28(36)37)13-5-6-19(16-29)22-7-3-4-8-25(22)34/h3-15,32,34H,16H2,1-2H3,(H,36,37). The molecule has 1 unspecified atom stereocenters. The SMILES string of the molecule is Cc1ccc(N2C(=O)C(=NNC3(C(=O)O)C=CC=C(c4ccccc4O)C3)c3ccc(Cl)cc32)cc1C. The highest BCUT2D eigenvalue weighted by Gasteiger charge is 2.41. The first-order chi connectivity index (χ1) is 17.7. The van der Waals surface area contributed by atoms with Crippen molar-refractivity contribution in [2.75, 3.05) is 4.90 Å². The fourth-order valence-electron chi connectivity index (χ4n) is 4.55. The third-order valence-electron chi connectivity index (χ3n) is 6.76. The zero-order valence-electron chi connectivity index (χ0n) is 20.2. The molecule has 1 atom stereocenters. The van der Waals surface area contributed by atoms with Gasteiger partial charge in [0.2, 0.25) is 0 Å². The number of nitrogens with zero attached hydrogens (tertiary/aromatic N) is 2. The number of carboxylic acids is 1. The molecular weight excluding hydrogens is 490 g/mol. The number of para-hydroxylation sites is 1. The number of halogens is 1. The number of phenols is 1. The molecule has 37 heavy (non-hydrogen) atoms. The summed E-state index contributed by atoms with van der Waals surface area (Å²) in [6.45, 7) is 3.96. The van der Waals surface area contributed by atoms with Crippen LogP contribution in [0, 0.1) is 13.8 Å². The Labute approximate surface area is 219 Å². The number of carboxylic acid groups (broad SMARTS) is 1. The highest BCUT2D eigenvalue weighted by molar-refractivity contribution is 6.56. The van der Waals surface area contributed by atoms with Crippen LogP contribution >= 0.6 is 11.6 Å². The fraction of sp³-hybridized carbons (Fsp3) is 0.138. The third-order valence-corrected chi connectivity index (χ3v) is 6.99. The molecule has 1 aliphatic carbocycles. The van der Waals surface area contributed by atoms with Gasteiger partial charge in [-0.3, -0.25) is 15.1 Å². The van der Waals surface area contributed by atoms with Gasteiger partial charge in [0.05, 0.1) is 5.69 Å². The van der Waals surface area contributed by atoms with Crippen LogP contribution in [0.5, 0.6) is 5.75 Å². The van der Waals surface area contributed by atoms with Crippen molar-refractivity contribution in [3.05, 3.63) is 106 Å². The van der Waals surface area contributed by atoms with Gasteiger partial charge in [-0.25, -0.2) is 4.79 Å². The molecule has 7 nitrogen and oxygen atoms in total. The predicted octanol–water partition coefficient (Wildman–Crippen LogP) is 5.50.